The highest BCUT2D eigenvalue weighted by Gasteiger charge is 2.21. The Morgan fingerprint density at radius 3 is 1.85 bits per heavy atom. The van der Waals surface area contributed by atoms with Gasteiger partial charge in [-0.3, -0.25) is 4.79 Å². The van der Waals surface area contributed by atoms with Crippen LogP contribution in [0, 0.1) is 0 Å². The van der Waals surface area contributed by atoms with E-state index < -0.39 is 0 Å². The highest BCUT2D eigenvalue weighted by atomic mass is 16.5. The molecule has 0 radical (unpaired) electrons. The summed E-state index contributed by atoms with van der Waals surface area (Å²) in [6, 6.07) is 18.8. The highest BCUT2D eigenvalue weighted by molar-refractivity contribution is 5.99. The number of carbonyl (C=O) groups is 1. The molecule has 3 aromatic rings. The Labute approximate surface area is 193 Å². The van der Waals surface area contributed by atoms with Gasteiger partial charge in [0, 0.05) is 32.3 Å². The summed E-state index contributed by atoms with van der Waals surface area (Å²) in [6.45, 7) is 2.54. The van der Waals surface area contributed by atoms with Gasteiger partial charge in [0.15, 0.2) is 0 Å². The molecule has 0 saturated carbocycles. The van der Waals surface area contributed by atoms with E-state index in [0.717, 1.165) is 34.0 Å². The molecule has 1 aliphatic rings. The minimum Gasteiger partial charge on any atom is -0.506 e. The lowest BCUT2D eigenvalue weighted by Gasteiger charge is -2.35. The summed E-state index contributed by atoms with van der Waals surface area (Å²) in [4.78, 5) is 21.5. The van der Waals surface area contributed by atoms with Gasteiger partial charge in [0.1, 0.15) is 23.1 Å². The van der Waals surface area contributed by atoms with Gasteiger partial charge in [-0.2, -0.15) is 0 Å². The van der Waals surface area contributed by atoms with E-state index in [2.05, 4.69) is 9.88 Å². The molecule has 1 amide bonds. The van der Waals surface area contributed by atoms with Crippen LogP contribution in [0.5, 0.6) is 17.2 Å². The van der Waals surface area contributed by atoms with Gasteiger partial charge in [0.25, 0.3) is 0 Å². The Kier molecular flexibility index (Phi) is 6.78. The third kappa shape index (κ3) is 5.26. The summed E-state index contributed by atoms with van der Waals surface area (Å²) in [7, 11) is 3.26. The monoisotopic (exact) mass is 445 g/mol. The molecule has 1 saturated heterocycles. The SMILES string of the molecule is COc1ccc(C(=CC(=O)N2CCN(c3ccc(O)cn3)CC2)c2ccc(OC)cc2)cc1. The van der Waals surface area contributed by atoms with Crippen molar-refractivity contribution < 1.29 is 19.4 Å². The molecule has 1 fully saturated rings. The molecule has 1 N–H and O–H groups in total. The average molecular weight is 446 g/mol. The Balaban J connectivity index is 1.54. The lowest BCUT2D eigenvalue weighted by Crippen LogP contribution is -2.48. The number of aromatic hydroxyl groups is 1. The molecule has 7 heteroatoms. The van der Waals surface area contributed by atoms with Crippen LogP contribution in [0.4, 0.5) is 5.82 Å². The van der Waals surface area contributed by atoms with E-state index in [0.29, 0.717) is 26.2 Å². The Morgan fingerprint density at radius 1 is 0.848 bits per heavy atom. The van der Waals surface area contributed by atoms with Crippen LogP contribution in [0.25, 0.3) is 5.57 Å². The molecule has 0 aliphatic carbocycles. The number of ether oxygens (including phenoxy) is 2. The fourth-order valence-corrected chi connectivity index (χ4v) is 3.81. The van der Waals surface area contributed by atoms with Crippen LogP contribution in [0.3, 0.4) is 0 Å². The van der Waals surface area contributed by atoms with Crippen LogP contribution in [0.2, 0.25) is 0 Å². The van der Waals surface area contributed by atoms with Gasteiger partial charge in [-0.25, -0.2) is 4.98 Å². The first kappa shape index (κ1) is 22.2. The quantitative estimate of drug-likeness (QED) is 0.585. The number of hydrogen-bond donors (Lipinski definition) is 1. The number of nitrogens with zero attached hydrogens (tertiary/aromatic N) is 3. The van der Waals surface area contributed by atoms with Crippen molar-refractivity contribution >= 4 is 17.3 Å². The van der Waals surface area contributed by atoms with Gasteiger partial charge in [-0.05, 0) is 53.1 Å². The molecule has 2 heterocycles. The molecule has 1 aromatic heterocycles. The summed E-state index contributed by atoms with van der Waals surface area (Å²) < 4.78 is 10.6. The van der Waals surface area contributed by atoms with Crippen molar-refractivity contribution in [3.63, 3.8) is 0 Å². The number of anilines is 1. The first-order valence-electron chi connectivity index (χ1n) is 10.8. The maximum absolute atomic E-state index is 13.2. The number of methoxy groups -OCH3 is 2. The van der Waals surface area contributed by atoms with Gasteiger partial charge in [0.05, 0.1) is 20.4 Å². The normalized spacial score (nSPS) is 13.4. The van der Waals surface area contributed by atoms with Crippen molar-refractivity contribution in [2.45, 2.75) is 0 Å². The first-order valence-corrected chi connectivity index (χ1v) is 10.8. The molecule has 33 heavy (non-hydrogen) atoms. The van der Waals surface area contributed by atoms with E-state index in [1.165, 1.54) is 6.20 Å². The second-order valence-electron chi connectivity index (χ2n) is 7.70. The molecule has 0 bridgehead atoms. The molecule has 0 unspecified atom stereocenters. The zero-order valence-electron chi connectivity index (χ0n) is 18.8. The molecule has 170 valence electrons. The van der Waals surface area contributed by atoms with Gasteiger partial charge in [-0.15, -0.1) is 0 Å². The minimum absolute atomic E-state index is 0.0325. The number of amides is 1. The standard InChI is InChI=1S/C26H27N3O4/c1-32-22-8-3-19(4-9-22)24(20-5-10-23(33-2)11-6-20)17-26(31)29-15-13-28(14-16-29)25-12-7-21(30)18-27-25/h3-12,17-18,30H,13-16H2,1-2H3. The van der Waals surface area contributed by atoms with Crippen molar-refractivity contribution in [1.82, 2.24) is 9.88 Å². The summed E-state index contributed by atoms with van der Waals surface area (Å²) in [5.74, 6) is 2.43. The van der Waals surface area contributed by atoms with E-state index in [9.17, 15) is 9.90 Å². The number of pyridine rings is 1. The highest BCUT2D eigenvalue weighted by Crippen LogP contribution is 2.27. The van der Waals surface area contributed by atoms with Gasteiger partial charge in [0.2, 0.25) is 5.91 Å². The fraction of sp³-hybridized carbons (Fsp3) is 0.231. The van der Waals surface area contributed by atoms with E-state index in [4.69, 9.17) is 9.47 Å². The third-order valence-corrected chi connectivity index (χ3v) is 5.72. The van der Waals surface area contributed by atoms with Crippen LogP contribution in [-0.2, 0) is 4.79 Å². The second kappa shape index (κ2) is 10.1. The van der Waals surface area contributed by atoms with Crippen LogP contribution < -0.4 is 14.4 Å². The topological polar surface area (TPSA) is 75.1 Å². The van der Waals surface area contributed by atoms with Gasteiger partial charge < -0.3 is 24.4 Å². The maximum Gasteiger partial charge on any atom is 0.247 e. The summed E-state index contributed by atoms with van der Waals surface area (Å²) in [5.41, 5.74) is 2.70. The minimum atomic E-state index is -0.0325. The first-order chi connectivity index (χ1) is 16.1. The van der Waals surface area contributed by atoms with Crippen molar-refractivity contribution in [1.29, 1.82) is 0 Å². The van der Waals surface area contributed by atoms with Crippen LogP contribution >= 0.6 is 0 Å². The molecule has 4 rings (SSSR count). The predicted molar refractivity (Wildman–Crippen MR) is 128 cm³/mol. The third-order valence-electron chi connectivity index (χ3n) is 5.72. The molecule has 0 atom stereocenters. The second-order valence-corrected chi connectivity index (χ2v) is 7.70. The summed E-state index contributed by atoms with van der Waals surface area (Å²) in [5, 5.41) is 9.45. The zero-order valence-corrected chi connectivity index (χ0v) is 18.8. The smallest absolute Gasteiger partial charge is 0.247 e. The summed E-state index contributed by atoms with van der Waals surface area (Å²) >= 11 is 0. The lowest BCUT2D eigenvalue weighted by atomic mass is 9.97. The molecular formula is C26H27N3O4. The van der Waals surface area contributed by atoms with Gasteiger partial charge in [-0.1, -0.05) is 24.3 Å². The van der Waals surface area contributed by atoms with Crippen LogP contribution in [-0.4, -0.2) is 61.3 Å². The molecule has 2 aromatic carbocycles. The number of piperazine rings is 1. The largest absolute Gasteiger partial charge is 0.506 e. The predicted octanol–water partition coefficient (Wildman–Crippen LogP) is 3.58. The van der Waals surface area contributed by atoms with Crippen molar-refractivity contribution in [2.24, 2.45) is 0 Å². The van der Waals surface area contributed by atoms with Crippen molar-refractivity contribution in [3.05, 3.63) is 84.1 Å². The molecule has 0 spiro atoms. The van der Waals surface area contributed by atoms with E-state index >= 15 is 0 Å². The van der Waals surface area contributed by atoms with Crippen LogP contribution in [0.15, 0.2) is 72.9 Å². The van der Waals surface area contributed by atoms with E-state index in [1.807, 2.05) is 53.4 Å². The molecule has 1 aliphatic heterocycles. The number of carbonyl (C=O) groups excluding carboxylic acids is 1. The Morgan fingerprint density at radius 2 is 1.39 bits per heavy atom. The number of rotatable bonds is 6. The molecule has 7 nitrogen and oxygen atoms in total. The number of benzene rings is 2. The van der Waals surface area contributed by atoms with Crippen molar-refractivity contribution in [2.75, 3.05) is 45.3 Å². The average Bonchev–Trinajstić information content (AvgIpc) is 2.88. The fourth-order valence-electron chi connectivity index (χ4n) is 3.81. The van der Waals surface area contributed by atoms with Gasteiger partial charge >= 0.3 is 0 Å². The maximum atomic E-state index is 13.2. The zero-order chi connectivity index (χ0) is 23.2. The van der Waals surface area contributed by atoms with Crippen molar-refractivity contribution in [3.8, 4) is 17.2 Å². The number of aromatic nitrogens is 1. The van der Waals surface area contributed by atoms with Crippen LogP contribution in [0.1, 0.15) is 11.1 Å². The number of hydrogen-bond acceptors (Lipinski definition) is 6. The van der Waals surface area contributed by atoms with E-state index in [1.54, 1.807) is 32.4 Å². The Hall–Kier alpha value is -4.00. The molecular weight excluding hydrogens is 418 g/mol. The Bertz CT molecular complexity index is 1050. The lowest BCUT2D eigenvalue weighted by molar-refractivity contribution is -0.126. The summed E-state index contributed by atoms with van der Waals surface area (Å²) in [6.07, 6.45) is 3.14. The van der Waals surface area contributed by atoms with E-state index in [-0.39, 0.29) is 11.7 Å².